The van der Waals surface area contributed by atoms with E-state index in [-0.39, 0.29) is 5.91 Å². The molecule has 0 saturated carbocycles. The van der Waals surface area contributed by atoms with Gasteiger partial charge in [-0.2, -0.15) is 0 Å². The Morgan fingerprint density at radius 3 is 2.63 bits per heavy atom. The van der Waals surface area contributed by atoms with Crippen molar-refractivity contribution in [3.8, 4) is 0 Å². The van der Waals surface area contributed by atoms with Gasteiger partial charge in [0.1, 0.15) is 5.69 Å². The number of benzene rings is 1. The molecule has 1 aliphatic rings. The standard InChI is InChI=1S/C15H19N3O/c16-15(19)14-11-12-5-1-2-6-13(12)18(14)10-9-17-7-3-4-8-17/h1-2,5-6,11H,3-4,7-10H2,(H2,16,19). The predicted molar refractivity (Wildman–Crippen MR) is 76.1 cm³/mol. The molecule has 0 aliphatic carbocycles. The maximum atomic E-state index is 11.6. The molecule has 100 valence electrons. The zero-order valence-electron chi connectivity index (χ0n) is 11.0. The van der Waals surface area contributed by atoms with Crippen LogP contribution < -0.4 is 5.73 Å². The Labute approximate surface area is 112 Å². The van der Waals surface area contributed by atoms with Gasteiger partial charge in [-0.1, -0.05) is 18.2 Å². The van der Waals surface area contributed by atoms with E-state index in [0.717, 1.165) is 24.0 Å². The van der Waals surface area contributed by atoms with Crippen molar-refractivity contribution in [2.24, 2.45) is 5.73 Å². The van der Waals surface area contributed by atoms with Crippen molar-refractivity contribution in [3.05, 3.63) is 36.0 Å². The molecule has 1 aliphatic heterocycles. The lowest BCUT2D eigenvalue weighted by Gasteiger charge is -2.16. The highest BCUT2D eigenvalue weighted by atomic mass is 16.1. The smallest absolute Gasteiger partial charge is 0.265 e. The van der Waals surface area contributed by atoms with Gasteiger partial charge in [-0.3, -0.25) is 4.79 Å². The maximum Gasteiger partial charge on any atom is 0.265 e. The molecule has 0 atom stereocenters. The minimum absolute atomic E-state index is 0.349. The molecule has 0 bridgehead atoms. The van der Waals surface area contributed by atoms with Crippen LogP contribution in [0.15, 0.2) is 30.3 Å². The second kappa shape index (κ2) is 5.05. The molecule has 3 rings (SSSR count). The van der Waals surface area contributed by atoms with Crippen molar-refractivity contribution in [2.45, 2.75) is 19.4 Å². The van der Waals surface area contributed by atoms with Gasteiger partial charge in [0, 0.05) is 24.0 Å². The number of para-hydroxylation sites is 1. The van der Waals surface area contributed by atoms with E-state index in [0.29, 0.717) is 5.69 Å². The van der Waals surface area contributed by atoms with Crippen molar-refractivity contribution in [3.63, 3.8) is 0 Å². The number of rotatable bonds is 4. The summed E-state index contributed by atoms with van der Waals surface area (Å²) in [5, 5.41) is 1.08. The first-order valence-electron chi connectivity index (χ1n) is 6.86. The van der Waals surface area contributed by atoms with E-state index in [2.05, 4.69) is 9.47 Å². The number of nitrogens with zero attached hydrogens (tertiary/aromatic N) is 2. The molecular formula is C15H19N3O. The fourth-order valence-corrected chi connectivity index (χ4v) is 2.90. The molecule has 1 aromatic heterocycles. The molecular weight excluding hydrogens is 238 g/mol. The minimum Gasteiger partial charge on any atom is -0.364 e. The molecule has 2 N–H and O–H groups in total. The third-order valence-corrected chi connectivity index (χ3v) is 3.90. The molecule has 0 unspecified atom stereocenters. The normalized spacial score (nSPS) is 16.2. The molecule has 1 aromatic carbocycles. The number of likely N-dealkylation sites (tertiary alicyclic amines) is 1. The van der Waals surface area contributed by atoms with Gasteiger partial charge in [-0.05, 0) is 38.1 Å². The number of aromatic nitrogens is 1. The highest BCUT2D eigenvalue weighted by Crippen LogP contribution is 2.20. The van der Waals surface area contributed by atoms with Gasteiger partial charge in [0.05, 0.1) is 0 Å². The average molecular weight is 257 g/mol. The molecule has 0 radical (unpaired) electrons. The molecule has 0 spiro atoms. The monoisotopic (exact) mass is 257 g/mol. The Morgan fingerprint density at radius 2 is 1.89 bits per heavy atom. The molecule has 1 fully saturated rings. The van der Waals surface area contributed by atoms with Crippen molar-refractivity contribution in [1.82, 2.24) is 9.47 Å². The summed E-state index contributed by atoms with van der Waals surface area (Å²) in [7, 11) is 0. The lowest BCUT2D eigenvalue weighted by Crippen LogP contribution is -2.26. The number of carbonyl (C=O) groups excluding carboxylic acids is 1. The first kappa shape index (κ1) is 12.2. The molecule has 2 heterocycles. The minimum atomic E-state index is -0.349. The van der Waals surface area contributed by atoms with Crippen LogP contribution in [0, 0.1) is 0 Å². The van der Waals surface area contributed by atoms with Gasteiger partial charge in [0.15, 0.2) is 0 Å². The summed E-state index contributed by atoms with van der Waals surface area (Å²) in [6.07, 6.45) is 2.57. The summed E-state index contributed by atoms with van der Waals surface area (Å²) in [5.74, 6) is -0.349. The Morgan fingerprint density at radius 1 is 1.16 bits per heavy atom. The van der Waals surface area contributed by atoms with Gasteiger partial charge in [-0.25, -0.2) is 0 Å². The summed E-state index contributed by atoms with van der Waals surface area (Å²) in [4.78, 5) is 14.0. The van der Waals surface area contributed by atoms with Crippen LogP contribution in [0.2, 0.25) is 0 Å². The van der Waals surface area contributed by atoms with Crippen LogP contribution in [0.1, 0.15) is 23.3 Å². The zero-order valence-corrected chi connectivity index (χ0v) is 11.0. The average Bonchev–Trinajstić information content (AvgIpc) is 3.03. The lowest BCUT2D eigenvalue weighted by atomic mass is 10.2. The lowest BCUT2D eigenvalue weighted by molar-refractivity contribution is 0.0991. The molecule has 4 nitrogen and oxygen atoms in total. The van der Waals surface area contributed by atoms with Crippen LogP contribution in [0.4, 0.5) is 0 Å². The van der Waals surface area contributed by atoms with Crippen LogP contribution >= 0.6 is 0 Å². The van der Waals surface area contributed by atoms with Crippen molar-refractivity contribution in [2.75, 3.05) is 19.6 Å². The number of carbonyl (C=O) groups is 1. The summed E-state index contributed by atoms with van der Waals surface area (Å²) < 4.78 is 2.05. The summed E-state index contributed by atoms with van der Waals surface area (Å²) in [6, 6.07) is 9.94. The van der Waals surface area contributed by atoms with E-state index in [1.54, 1.807) is 0 Å². The van der Waals surface area contributed by atoms with E-state index in [4.69, 9.17) is 5.73 Å². The Hall–Kier alpha value is -1.81. The van der Waals surface area contributed by atoms with Crippen LogP contribution in [0.3, 0.4) is 0 Å². The molecule has 1 saturated heterocycles. The third kappa shape index (κ3) is 2.36. The molecule has 19 heavy (non-hydrogen) atoms. The zero-order chi connectivity index (χ0) is 13.2. The third-order valence-electron chi connectivity index (χ3n) is 3.90. The Bertz CT molecular complexity index is 596. The number of nitrogens with two attached hydrogens (primary N) is 1. The van der Waals surface area contributed by atoms with Gasteiger partial charge in [0.2, 0.25) is 0 Å². The van der Waals surface area contributed by atoms with E-state index < -0.39 is 0 Å². The first-order chi connectivity index (χ1) is 9.25. The van der Waals surface area contributed by atoms with E-state index in [1.165, 1.54) is 25.9 Å². The predicted octanol–water partition coefficient (Wildman–Crippen LogP) is 1.84. The van der Waals surface area contributed by atoms with Gasteiger partial charge < -0.3 is 15.2 Å². The first-order valence-corrected chi connectivity index (χ1v) is 6.86. The van der Waals surface area contributed by atoms with E-state index >= 15 is 0 Å². The number of amides is 1. The maximum absolute atomic E-state index is 11.6. The van der Waals surface area contributed by atoms with Crippen molar-refractivity contribution < 1.29 is 4.79 Å². The SMILES string of the molecule is NC(=O)c1cc2ccccc2n1CCN1CCCC1. The molecule has 4 heteroatoms. The fraction of sp³-hybridized carbons (Fsp3) is 0.400. The molecule has 2 aromatic rings. The largest absolute Gasteiger partial charge is 0.364 e. The van der Waals surface area contributed by atoms with E-state index in [9.17, 15) is 4.79 Å². The Balaban J connectivity index is 1.90. The second-order valence-corrected chi connectivity index (χ2v) is 5.15. The quantitative estimate of drug-likeness (QED) is 0.908. The van der Waals surface area contributed by atoms with Crippen LogP contribution in [0.25, 0.3) is 10.9 Å². The summed E-state index contributed by atoms with van der Waals surface area (Å²) in [5.41, 5.74) is 7.19. The van der Waals surface area contributed by atoms with E-state index in [1.807, 2.05) is 30.3 Å². The van der Waals surface area contributed by atoms with Gasteiger partial charge in [-0.15, -0.1) is 0 Å². The van der Waals surface area contributed by atoms with Crippen LogP contribution in [-0.2, 0) is 6.54 Å². The number of hydrogen-bond acceptors (Lipinski definition) is 2. The van der Waals surface area contributed by atoms with Crippen LogP contribution in [0.5, 0.6) is 0 Å². The van der Waals surface area contributed by atoms with Crippen LogP contribution in [-0.4, -0.2) is 35.0 Å². The van der Waals surface area contributed by atoms with Crippen molar-refractivity contribution in [1.29, 1.82) is 0 Å². The summed E-state index contributed by atoms with van der Waals surface area (Å²) in [6.45, 7) is 4.15. The topological polar surface area (TPSA) is 51.3 Å². The van der Waals surface area contributed by atoms with Gasteiger partial charge >= 0.3 is 0 Å². The highest BCUT2D eigenvalue weighted by molar-refractivity contribution is 5.97. The van der Waals surface area contributed by atoms with Crippen molar-refractivity contribution >= 4 is 16.8 Å². The highest BCUT2D eigenvalue weighted by Gasteiger charge is 2.15. The Kier molecular flexibility index (Phi) is 3.25. The number of hydrogen-bond donors (Lipinski definition) is 1. The summed E-state index contributed by atoms with van der Waals surface area (Å²) >= 11 is 0. The number of primary amides is 1. The van der Waals surface area contributed by atoms with Gasteiger partial charge in [0.25, 0.3) is 5.91 Å². The molecule has 1 amide bonds. The fourth-order valence-electron chi connectivity index (χ4n) is 2.90. The number of fused-ring (bicyclic) bond motifs is 1. The second-order valence-electron chi connectivity index (χ2n) is 5.15.